The van der Waals surface area contributed by atoms with Gasteiger partial charge < -0.3 is 29.4 Å². The maximum atomic E-state index is 15.5. The number of nitrogens with zero attached hydrogens (tertiary/aromatic N) is 6. The molecule has 11 heteroatoms. The van der Waals surface area contributed by atoms with Gasteiger partial charge in [0.25, 0.3) is 5.91 Å². The highest BCUT2D eigenvalue weighted by molar-refractivity contribution is 6.00. The van der Waals surface area contributed by atoms with Gasteiger partial charge in [-0.25, -0.2) is 14.4 Å². The van der Waals surface area contributed by atoms with E-state index in [1.807, 2.05) is 46.8 Å². The fraction of sp³-hybridized carbons (Fsp3) is 0.421. The van der Waals surface area contributed by atoms with E-state index in [2.05, 4.69) is 10.6 Å². The van der Waals surface area contributed by atoms with E-state index >= 15 is 4.39 Å². The number of pyridine rings is 1. The van der Waals surface area contributed by atoms with Crippen molar-refractivity contribution in [3.8, 4) is 28.5 Å². The van der Waals surface area contributed by atoms with Gasteiger partial charge in [0.15, 0.2) is 5.82 Å². The largest absolute Gasteiger partial charge is 0.494 e. The predicted molar refractivity (Wildman–Crippen MR) is 184 cm³/mol. The van der Waals surface area contributed by atoms with Crippen LogP contribution in [0.4, 0.5) is 4.39 Å². The van der Waals surface area contributed by atoms with Crippen molar-refractivity contribution in [2.75, 3.05) is 20.2 Å². The number of halogens is 1. The Morgan fingerprint density at radius 3 is 2.61 bits per heavy atom. The third-order valence-electron chi connectivity index (χ3n) is 11.5. The van der Waals surface area contributed by atoms with Crippen LogP contribution in [-0.4, -0.2) is 73.0 Å². The molecule has 2 unspecified atom stereocenters. The molecule has 4 aliphatic rings. The summed E-state index contributed by atoms with van der Waals surface area (Å²) in [6, 6.07) is 13.5. The first-order valence-electron chi connectivity index (χ1n) is 17.4. The molecule has 252 valence electrons. The van der Waals surface area contributed by atoms with E-state index in [9.17, 15) is 9.59 Å². The van der Waals surface area contributed by atoms with E-state index in [1.54, 1.807) is 18.1 Å². The summed E-state index contributed by atoms with van der Waals surface area (Å²) in [5.74, 6) is 1.91. The van der Waals surface area contributed by atoms with Gasteiger partial charge in [0.2, 0.25) is 5.91 Å². The third-order valence-corrected chi connectivity index (χ3v) is 11.5. The van der Waals surface area contributed by atoms with Gasteiger partial charge in [0, 0.05) is 74.3 Å². The number of ether oxygens (including phenoxy) is 1. The van der Waals surface area contributed by atoms with Crippen LogP contribution in [0.15, 0.2) is 42.5 Å². The van der Waals surface area contributed by atoms with Crippen LogP contribution >= 0.6 is 0 Å². The molecular weight excluding hydrogens is 621 g/mol. The fourth-order valence-electron chi connectivity index (χ4n) is 8.52. The Hall–Kier alpha value is -4.77. The molecule has 2 aromatic carbocycles. The van der Waals surface area contributed by atoms with Crippen molar-refractivity contribution in [2.24, 2.45) is 24.6 Å². The van der Waals surface area contributed by atoms with Crippen LogP contribution < -0.4 is 10.5 Å². The topological polar surface area (TPSA) is 112 Å². The number of carbonyl (C=O) groups excluding carboxylic acids is 2. The third kappa shape index (κ3) is 4.84. The van der Waals surface area contributed by atoms with Crippen molar-refractivity contribution in [2.45, 2.75) is 64.2 Å². The maximum absolute atomic E-state index is 15.5. The molecule has 5 aromatic rings. The lowest BCUT2D eigenvalue weighted by Crippen LogP contribution is -2.41. The van der Waals surface area contributed by atoms with Crippen molar-refractivity contribution in [1.82, 2.24) is 28.9 Å². The zero-order valence-corrected chi connectivity index (χ0v) is 28.1. The number of rotatable bonds is 6. The zero-order valence-electron chi connectivity index (χ0n) is 28.1. The van der Waals surface area contributed by atoms with E-state index in [-0.39, 0.29) is 29.7 Å². The van der Waals surface area contributed by atoms with E-state index in [0.717, 1.165) is 71.4 Å². The number of carbonyl (C=O) groups is 2. The van der Waals surface area contributed by atoms with Gasteiger partial charge in [-0.2, -0.15) is 0 Å². The van der Waals surface area contributed by atoms with Crippen LogP contribution in [0.25, 0.3) is 44.8 Å². The molecule has 0 radical (unpaired) electrons. The molecule has 5 heterocycles. The second-order valence-corrected chi connectivity index (χ2v) is 14.5. The molecule has 2 saturated carbocycles. The number of nitrogens with two attached hydrogens (primary N) is 1. The smallest absolute Gasteiger partial charge is 0.254 e. The summed E-state index contributed by atoms with van der Waals surface area (Å²) in [5.41, 5.74) is 13.2. The summed E-state index contributed by atoms with van der Waals surface area (Å²) >= 11 is 0. The molecular formula is C38H40FN7O3. The molecule has 2 N–H and O–H groups in total. The lowest BCUT2D eigenvalue weighted by Gasteiger charge is -2.28. The number of piperidine rings is 1. The molecule has 3 fully saturated rings. The first-order valence-corrected chi connectivity index (χ1v) is 17.4. The van der Waals surface area contributed by atoms with Gasteiger partial charge >= 0.3 is 0 Å². The number of imidazole rings is 1. The van der Waals surface area contributed by atoms with Crippen molar-refractivity contribution >= 4 is 33.9 Å². The van der Waals surface area contributed by atoms with Crippen LogP contribution in [-0.2, 0) is 31.4 Å². The van der Waals surface area contributed by atoms with Gasteiger partial charge in [0.05, 0.1) is 24.0 Å². The summed E-state index contributed by atoms with van der Waals surface area (Å²) in [7, 11) is 3.61. The minimum absolute atomic E-state index is 0.0237. The SMILES string of the molecule is COc1cc(C(=O)N2CC3CCC2[C@@H]3N)cc2nc(-c3cc4ccc(-c5cc(F)c6c(c5)CCN(C(C)=O)C6)nc4n3CC3CC3)n(C)c12. The molecule has 1 saturated heterocycles. The summed E-state index contributed by atoms with van der Waals surface area (Å²) in [6.45, 7) is 3.90. The highest BCUT2D eigenvalue weighted by Gasteiger charge is 2.47. The normalized spacial score (nSPS) is 21.6. The van der Waals surface area contributed by atoms with Gasteiger partial charge in [-0.3, -0.25) is 9.59 Å². The molecule has 3 aromatic heterocycles. The van der Waals surface area contributed by atoms with Gasteiger partial charge in [-0.05, 0) is 92.0 Å². The van der Waals surface area contributed by atoms with E-state index in [0.29, 0.717) is 66.0 Å². The molecule has 10 nitrogen and oxygen atoms in total. The Morgan fingerprint density at radius 2 is 1.90 bits per heavy atom. The number of benzene rings is 2. The number of aromatic nitrogens is 4. The molecule has 2 aliphatic carbocycles. The van der Waals surface area contributed by atoms with Crippen LogP contribution in [0.2, 0.25) is 0 Å². The first kappa shape index (κ1) is 30.3. The first-order chi connectivity index (χ1) is 23.7. The van der Waals surface area contributed by atoms with Gasteiger partial charge in [-0.15, -0.1) is 0 Å². The molecule has 2 amide bonds. The van der Waals surface area contributed by atoms with E-state index in [1.165, 1.54) is 6.92 Å². The molecule has 9 rings (SSSR count). The number of likely N-dealkylation sites (tertiary alicyclic amines) is 1. The standard InChI is InChI=1S/C38H40FN7O3/c1-20(47)44-11-10-22-12-25(13-28(39)27(22)19-44)29-8-6-23-15-32(45(36(23)41-29)17-21-4-5-21)37-42-30-14-26(16-33(49-3)35(30)43(37)2)38(48)46-18-24-7-9-31(46)34(24)40/h6,8,12-16,21,24,31,34H,4-5,7,9-11,17-19,40H2,1-3H3/t24?,31?,34-/m1/s1. The van der Waals surface area contributed by atoms with Gasteiger partial charge in [-0.1, -0.05) is 0 Å². The Bertz CT molecular complexity index is 2200. The Kier molecular flexibility index (Phi) is 6.88. The molecule has 3 atom stereocenters. The van der Waals surface area contributed by atoms with Crippen LogP contribution in [0.1, 0.15) is 54.1 Å². The molecule has 2 bridgehead atoms. The number of hydrogen-bond acceptors (Lipinski definition) is 6. The Labute approximate surface area is 283 Å². The average Bonchev–Trinajstić information content (AvgIpc) is 3.50. The molecule has 49 heavy (non-hydrogen) atoms. The number of fused-ring (bicyclic) bond motifs is 5. The second-order valence-electron chi connectivity index (χ2n) is 14.5. The van der Waals surface area contributed by atoms with Gasteiger partial charge in [0.1, 0.15) is 22.7 Å². The predicted octanol–water partition coefficient (Wildman–Crippen LogP) is 5.28. The van der Waals surface area contributed by atoms with Crippen molar-refractivity contribution in [1.29, 1.82) is 0 Å². The monoisotopic (exact) mass is 661 g/mol. The van der Waals surface area contributed by atoms with E-state index in [4.69, 9.17) is 20.4 Å². The quantitative estimate of drug-likeness (QED) is 0.265. The highest BCUT2D eigenvalue weighted by atomic mass is 19.1. The van der Waals surface area contributed by atoms with Crippen LogP contribution in [0.5, 0.6) is 5.75 Å². The Morgan fingerprint density at radius 1 is 1.06 bits per heavy atom. The number of methoxy groups -OCH3 is 1. The second kappa shape index (κ2) is 11.1. The minimum atomic E-state index is -0.305. The van der Waals surface area contributed by atoms with Crippen molar-refractivity contribution < 1.29 is 18.7 Å². The van der Waals surface area contributed by atoms with Crippen LogP contribution in [0.3, 0.4) is 0 Å². The number of hydrogen-bond donors (Lipinski definition) is 1. The maximum Gasteiger partial charge on any atom is 0.254 e. The average molecular weight is 662 g/mol. The summed E-state index contributed by atoms with van der Waals surface area (Å²) < 4.78 is 25.6. The summed E-state index contributed by atoms with van der Waals surface area (Å²) in [5, 5.41) is 0.977. The number of aryl methyl sites for hydroxylation is 1. The lowest BCUT2D eigenvalue weighted by atomic mass is 9.95. The zero-order chi connectivity index (χ0) is 33.7. The summed E-state index contributed by atoms with van der Waals surface area (Å²) in [4.78, 5) is 39.6. The summed E-state index contributed by atoms with van der Waals surface area (Å²) in [6.07, 6.45) is 4.97. The molecule has 2 aliphatic heterocycles. The Balaban J connectivity index is 1.12. The van der Waals surface area contributed by atoms with E-state index < -0.39 is 0 Å². The lowest BCUT2D eigenvalue weighted by molar-refractivity contribution is -0.129. The fourth-order valence-corrected chi connectivity index (χ4v) is 8.52. The van der Waals surface area contributed by atoms with Crippen molar-refractivity contribution in [3.05, 3.63) is 65.0 Å². The number of amides is 2. The van der Waals surface area contributed by atoms with Crippen LogP contribution in [0, 0.1) is 17.7 Å². The minimum Gasteiger partial charge on any atom is -0.494 e. The van der Waals surface area contributed by atoms with Crippen molar-refractivity contribution in [3.63, 3.8) is 0 Å². The molecule has 0 spiro atoms. The highest BCUT2D eigenvalue weighted by Crippen LogP contribution is 2.40.